The standard InChI is InChI=1S/C21H29N5O.ClH/c27-21(20-4-1-9-23-20)24-13-18-3-2-11-25(15-18)14-17-5-7-19(8-6-17)26-12-10-22-16-26;/h5-8,10,12,16,18,20,23H,1-4,9,11,13-15H2,(H,24,27);1H. The SMILES string of the molecule is Cl.O=C(NCC1CCCN(Cc2ccc(-n3ccnc3)cc2)C1)C1CCCN1. The van der Waals surface area contributed by atoms with Crippen molar-refractivity contribution in [1.82, 2.24) is 25.1 Å². The van der Waals surface area contributed by atoms with E-state index in [4.69, 9.17) is 0 Å². The Balaban J connectivity index is 0.00000225. The summed E-state index contributed by atoms with van der Waals surface area (Å²) in [6.07, 6.45) is 10.1. The van der Waals surface area contributed by atoms with Gasteiger partial charge >= 0.3 is 0 Å². The second-order valence-electron chi connectivity index (χ2n) is 7.77. The molecule has 28 heavy (non-hydrogen) atoms. The van der Waals surface area contributed by atoms with Crippen molar-refractivity contribution in [2.75, 3.05) is 26.2 Å². The molecule has 2 saturated heterocycles. The van der Waals surface area contributed by atoms with Gasteiger partial charge in [-0.2, -0.15) is 0 Å². The molecule has 6 nitrogen and oxygen atoms in total. The van der Waals surface area contributed by atoms with Gasteiger partial charge in [0.1, 0.15) is 0 Å². The number of amides is 1. The lowest BCUT2D eigenvalue weighted by atomic mass is 9.97. The average Bonchev–Trinajstić information content (AvgIpc) is 3.41. The van der Waals surface area contributed by atoms with Gasteiger partial charge in [0, 0.05) is 37.7 Å². The van der Waals surface area contributed by atoms with Crippen LogP contribution in [-0.2, 0) is 11.3 Å². The van der Waals surface area contributed by atoms with Crippen LogP contribution in [0.3, 0.4) is 0 Å². The number of nitrogens with zero attached hydrogens (tertiary/aromatic N) is 3. The molecule has 2 aromatic rings. The number of nitrogens with one attached hydrogen (secondary N) is 2. The molecule has 1 amide bonds. The van der Waals surface area contributed by atoms with Crippen LogP contribution < -0.4 is 10.6 Å². The van der Waals surface area contributed by atoms with Crippen molar-refractivity contribution in [3.63, 3.8) is 0 Å². The number of rotatable bonds is 6. The van der Waals surface area contributed by atoms with Crippen molar-refractivity contribution in [2.45, 2.75) is 38.3 Å². The molecule has 2 atom stereocenters. The van der Waals surface area contributed by atoms with Crippen molar-refractivity contribution in [3.8, 4) is 5.69 Å². The number of piperidine rings is 1. The van der Waals surface area contributed by atoms with Gasteiger partial charge in [-0.05, 0) is 62.4 Å². The zero-order valence-corrected chi connectivity index (χ0v) is 17.0. The summed E-state index contributed by atoms with van der Waals surface area (Å²) in [5.41, 5.74) is 2.47. The number of hydrogen-bond donors (Lipinski definition) is 2. The summed E-state index contributed by atoms with van der Waals surface area (Å²) in [6.45, 7) is 4.93. The molecular weight excluding hydrogens is 374 g/mol. The Morgan fingerprint density at radius 3 is 2.79 bits per heavy atom. The maximum atomic E-state index is 12.2. The van der Waals surface area contributed by atoms with E-state index in [2.05, 4.69) is 44.8 Å². The number of aromatic nitrogens is 2. The predicted molar refractivity (Wildman–Crippen MR) is 113 cm³/mol. The zero-order chi connectivity index (χ0) is 18.5. The lowest BCUT2D eigenvalue weighted by Crippen LogP contribution is -2.45. The quantitative estimate of drug-likeness (QED) is 0.777. The van der Waals surface area contributed by atoms with Gasteiger partial charge in [0.25, 0.3) is 0 Å². The van der Waals surface area contributed by atoms with Crippen molar-refractivity contribution in [3.05, 3.63) is 48.5 Å². The van der Waals surface area contributed by atoms with E-state index < -0.39 is 0 Å². The van der Waals surface area contributed by atoms with Gasteiger partial charge < -0.3 is 15.2 Å². The Bertz CT molecular complexity index is 728. The Kier molecular flexibility index (Phi) is 7.48. The molecule has 2 unspecified atom stereocenters. The summed E-state index contributed by atoms with van der Waals surface area (Å²) in [5.74, 6) is 0.731. The molecule has 4 rings (SSSR count). The van der Waals surface area contributed by atoms with Gasteiger partial charge in [0.05, 0.1) is 12.4 Å². The number of likely N-dealkylation sites (tertiary alicyclic amines) is 1. The van der Waals surface area contributed by atoms with E-state index in [9.17, 15) is 4.79 Å². The van der Waals surface area contributed by atoms with Crippen LogP contribution in [0.5, 0.6) is 0 Å². The van der Waals surface area contributed by atoms with E-state index in [0.717, 1.165) is 51.3 Å². The van der Waals surface area contributed by atoms with Crippen molar-refractivity contribution < 1.29 is 4.79 Å². The van der Waals surface area contributed by atoms with Crippen LogP contribution in [-0.4, -0.2) is 52.6 Å². The fourth-order valence-electron chi connectivity index (χ4n) is 4.18. The first-order valence-electron chi connectivity index (χ1n) is 10.1. The van der Waals surface area contributed by atoms with Gasteiger partial charge in [-0.25, -0.2) is 4.98 Å². The maximum Gasteiger partial charge on any atom is 0.237 e. The summed E-state index contributed by atoms with van der Waals surface area (Å²) in [7, 11) is 0. The minimum Gasteiger partial charge on any atom is -0.354 e. The summed E-state index contributed by atoms with van der Waals surface area (Å²) >= 11 is 0. The fraction of sp³-hybridized carbons (Fsp3) is 0.524. The van der Waals surface area contributed by atoms with Gasteiger partial charge in [-0.1, -0.05) is 12.1 Å². The van der Waals surface area contributed by atoms with Gasteiger partial charge in [-0.3, -0.25) is 9.69 Å². The molecule has 3 heterocycles. The lowest BCUT2D eigenvalue weighted by molar-refractivity contribution is -0.123. The maximum absolute atomic E-state index is 12.2. The first kappa shape index (κ1) is 20.8. The highest BCUT2D eigenvalue weighted by Gasteiger charge is 2.24. The second kappa shape index (κ2) is 10.0. The van der Waals surface area contributed by atoms with Crippen LogP contribution in [0.2, 0.25) is 0 Å². The van der Waals surface area contributed by atoms with Crippen LogP contribution in [0.1, 0.15) is 31.2 Å². The van der Waals surface area contributed by atoms with Crippen molar-refractivity contribution >= 4 is 18.3 Å². The Morgan fingerprint density at radius 2 is 2.07 bits per heavy atom. The average molecular weight is 404 g/mol. The van der Waals surface area contributed by atoms with Crippen LogP contribution in [0.4, 0.5) is 0 Å². The van der Waals surface area contributed by atoms with E-state index in [1.807, 2.05) is 17.1 Å². The second-order valence-corrected chi connectivity index (χ2v) is 7.77. The third-order valence-electron chi connectivity index (χ3n) is 5.69. The molecule has 2 aliphatic heterocycles. The van der Waals surface area contributed by atoms with Crippen LogP contribution in [0.15, 0.2) is 43.0 Å². The number of benzene rings is 1. The Hall–Kier alpha value is -1.89. The third kappa shape index (κ3) is 5.34. The van der Waals surface area contributed by atoms with Crippen molar-refractivity contribution in [2.24, 2.45) is 5.92 Å². The molecule has 2 fully saturated rings. The van der Waals surface area contributed by atoms with E-state index >= 15 is 0 Å². The summed E-state index contributed by atoms with van der Waals surface area (Å²) in [5, 5.41) is 6.44. The number of hydrogen-bond acceptors (Lipinski definition) is 4. The normalized spacial score (nSPS) is 22.6. The Labute approximate surface area is 173 Å². The fourth-order valence-corrected chi connectivity index (χ4v) is 4.18. The molecule has 2 N–H and O–H groups in total. The molecule has 0 aliphatic carbocycles. The first-order chi connectivity index (χ1) is 13.3. The highest BCUT2D eigenvalue weighted by atomic mass is 35.5. The van der Waals surface area contributed by atoms with E-state index in [-0.39, 0.29) is 24.4 Å². The summed E-state index contributed by atoms with van der Waals surface area (Å²) < 4.78 is 2.02. The highest BCUT2D eigenvalue weighted by Crippen LogP contribution is 2.19. The van der Waals surface area contributed by atoms with E-state index in [1.165, 1.54) is 18.4 Å². The minimum atomic E-state index is 0. The van der Waals surface area contributed by atoms with Gasteiger partial charge in [-0.15, -0.1) is 12.4 Å². The number of imidazole rings is 1. The van der Waals surface area contributed by atoms with Crippen molar-refractivity contribution in [1.29, 1.82) is 0 Å². The van der Waals surface area contributed by atoms with E-state index in [0.29, 0.717) is 5.92 Å². The topological polar surface area (TPSA) is 62.2 Å². The lowest BCUT2D eigenvalue weighted by Gasteiger charge is -2.33. The number of carbonyl (C=O) groups is 1. The monoisotopic (exact) mass is 403 g/mol. The molecule has 0 bridgehead atoms. The molecule has 2 aliphatic rings. The van der Waals surface area contributed by atoms with Crippen LogP contribution >= 0.6 is 12.4 Å². The Morgan fingerprint density at radius 1 is 1.21 bits per heavy atom. The molecule has 1 aromatic heterocycles. The number of halogens is 1. The molecule has 0 spiro atoms. The minimum absolute atomic E-state index is 0. The first-order valence-corrected chi connectivity index (χ1v) is 10.1. The smallest absolute Gasteiger partial charge is 0.237 e. The molecule has 0 radical (unpaired) electrons. The van der Waals surface area contributed by atoms with Crippen LogP contribution in [0, 0.1) is 5.92 Å². The molecule has 1 aromatic carbocycles. The summed E-state index contributed by atoms with van der Waals surface area (Å²) in [4.78, 5) is 18.8. The molecule has 0 saturated carbocycles. The zero-order valence-electron chi connectivity index (χ0n) is 16.2. The molecular formula is C21H30ClN5O. The van der Waals surface area contributed by atoms with E-state index in [1.54, 1.807) is 6.20 Å². The largest absolute Gasteiger partial charge is 0.354 e. The predicted octanol–water partition coefficient (Wildman–Crippen LogP) is 2.37. The van der Waals surface area contributed by atoms with Crippen LogP contribution in [0.25, 0.3) is 5.69 Å². The molecule has 152 valence electrons. The number of carbonyl (C=O) groups excluding carboxylic acids is 1. The highest BCUT2D eigenvalue weighted by molar-refractivity contribution is 5.85. The third-order valence-corrected chi connectivity index (χ3v) is 5.69. The molecule has 7 heteroatoms. The summed E-state index contributed by atoms with van der Waals surface area (Å²) in [6, 6.07) is 8.72. The van der Waals surface area contributed by atoms with Gasteiger partial charge in [0.15, 0.2) is 0 Å². The van der Waals surface area contributed by atoms with Gasteiger partial charge in [0.2, 0.25) is 5.91 Å².